The van der Waals surface area contributed by atoms with Crippen LogP contribution in [0.25, 0.3) is 5.69 Å². The van der Waals surface area contributed by atoms with Crippen molar-refractivity contribution in [1.29, 1.82) is 0 Å². The van der Waals surface area contributed by atoms with Gasteiger partial charge in [-0.25, -0.2) is 4.98 Å². The zero-order valence-corrected chi connectivity index (χ0v) is 15.5. The van der Waals surface area contributed by atoms with Crippen molar-refractivity contribution in [2.75, 3.05) is 11.9 Å². The summed E-state index contributed by atoms with van der Waals surface area (Å²) >= 11 is 6.28. The molecular formula is C20H19ClN4O2. The second-order valence-corrected chi connectivity index (χ2v) is 6.41. The molecule has 0 atom stereocenters. The lowest BCUT2D eigenvalue weighted by atomic mass is 10.1. The second-order valence-electron chi connectivity index (χ2n) is 6.01. The van der Waals surface area contributed by atoms with E-state index >= 15 is 0 Å². The van der Waals surface area contributed by atoms with Gasteiger partial charge in [0, 0.05) is 36.6 Å². The maximum absolute atomic E-state index is 12.1. The molecule has 2 aromatic carbocycles. The Bertz CT molecular complexity index is 954. The Labute approximate surface area is 162 Å². The molecule has 2 amide bonds. The molecule has 0 spiro atoms. The van der Waals surface area contributed by atoms with Gasteiger partial charge in [-0.3, -0.25) is 9.59 Å². The summed E-state index contributed by atoms with van der Waals surface area (Å²) in [6.07, 6.45) is 5.27. The van der Waals surface area contributed by atoms with E-state index in [0.717, 1.165) is 11.3 Å². The fourth-order valence-corrected chi connectivity index (χ4v) is 2.91. The highest BCUT2D eigenvalue weighted by Crippen LogP contribution is 2.24. The number of halogens is 1. The lowest BCUT2D eigenvalue weighted by Crippen LogP contribution is -2.28. The molecule has 138 valence electrons. The summed E-state index contributed by atoms with van der Waals surface area (Å²) in [6, 6.07) is 12.6. The van der Waals surface area contributed by atoms with E-state index in [9.17, 15) is 9.59 Å². The van der Waals surface area contributed by atoms with Crippen molar-refractivity contribution < 1.29 is 9.59 Å². The molecule has 0 saturated carbocycles. The summed E-state index contributed by atoms with van der Waals surface area (Å²) in [6.45, 7) is 2.12. The van der Waals surface area contributed by atoms with E-state index in [1.54, 1.807) is 47.6 Å². The largest absolute Gasteiger partial charge is 0.352 e. The molecule has 6 nitrogen and oxygen atoms in total. The Morgan fingerprint density at radius 2 is 2.00 bits per heavy atom. The van der Waals surface area contributed by atoms with Crippen molar-refractivity contribution >= 4 is 29.1 Å². The molecule has 0 aliphatic rings. The number of benzene rings is 2. The normalized spacial score (nSPS) is 10.4. The van der Waals surface area contributed by atoms with Crippen LogP contribution < -0.4 is 10.6 Å². The van der Waals surface area contributed by atoms with Crippen molar-refractivity contribution in [1.82, 2.24) is 14.9 Å². The monoisotopic (exact) mass is 382 g/mol. The summed E-state index contributed by atoms with van der Waals surface area (Å²) in [5.41, 5.74) is 2.88. The van der Waals surface area contributed by atoms with Gasteiger partial charge >= 0.3 is 0 Å². The minimum Gasteiger partial charge on any atom is -0.352 e. The number of imidazole rings is 1. The third-order valence-electron chi connectivity index (χ3n) is 4.04. The number of hydrogen-bond acceptors (Lipinski definition) is 3. The van der Waals surface area contributed by atoms with Gasteiger partial charge < -0.3 is 15.2 Å². The van der Waals surface area contributed by atoms with Crippen LogP contribution in [0.4, 0.5) is 5.69 Å². The van der Waals surface area contributed by atoms with Crippen LogP contribution in [0, 0.1) is 6.92 Å². The van der Waals surface area contributed by atoms with Crippen LogP contribution in [0.5, 0.6) is 0 Å². The Kier molecular flexibility index (Phi) is 5.88. The fourth-order valence-electron chi connectivity index (χ4n) is 2.63. The number of hydrogen-bond donors (Lipinski definition) is 2. The molecule has 1 heterocycles. The van der Waals surface area contributed by atoms with E-state index in [-0.39, 0.29) is 24.8 Å². The first-order chi connectivity index (χ1) is 13.0. The molecule has 0 bridgehead atoms. The molecule has 1 aromatic heterocycles. The number of nitrogens with one attached hydrogen (secondary N) is 2. The predicted molar refractivity (Wildman–Crippen MR) is 105 cm³/mol. The Hall–Kier alpha value is -3.12. The molecule has 0 aliphatic heterocycles. The molecule has 0 saturated heterocycles. The number of anilines is 1. The lowest BCUT2D eigenvalue weighted by molar-refractivity contribution is -0.116. The summed E-state index contributed by atoms with van der Waals surface area (Å²) in [4.78, 5) is 28.2. The summed E-state index contributed by atoms with van der Waals surface area (Å²) in [7, 11) is 0. The zero-order chi connectivity index (χ0) is 19.2. The highest BCUT2D eigenvalue weighted by Gasteiger charge is 2.10. The van der Waals surface area contributed by atoms with Gasteiger partial charge in [-0.15, -0.1) is 0 Å². The van der Waals surface area contributed by atoms with Gasteiger partial charge in [0.1, 0.15) is 0 Å². The number of carbonyl (C=O) groups is 2. The van der Waals surface area contributed by atoms with Crippen LogP contribution in [0.3, 0.4) is 0 Å². The van der Waals surface area contributed by atoms with Gasteiger partial charge in [-0.1, -0.05) is 29.8 Å². The highest BCUT2D eigenvalue weighted by atomic mass is 35.5. The molecule has 3 aromatic rings. The van der Waals surface area contributed by atoms with Crippen LogP contribution >= 0.6 is 11.6 Å². The number of amides is 2. The van der Waals surface area contributed by atoms with Gasteiger partial charge in [-0.2, -0.15) is 0 Å². The average molecular weight is 383 g/mol. The zero-order valence-electron chi connectivity index (χ0n) is 14.8. The van der Waals surface area contributed by atoms with E-state index < -0.39 is 0 Å². The first-order valence-corrected chi connectivity index (χ1v) is 8.84. The highest BCUT2D eigenvalue weighted by molar-refractivity contribution is 6.32. The lowest BCUT2D eigenvalue weighted by Gasteiger charge is -2.10. The molecule has 2 N–H and O–H groups in total. The van der Waals surface area contributed by atoms with Gasteiger partial charge in [0.2, 0.25) is 5.91 Å². The summed E-state index contributed by atoms with van der Waals surface area (Å²) in [5.74, 6) is -0.389. The first kappa shape index (κ1) is 18.7. The maximum atomic E-state index is 12.1. The Morgan fingerprint density at radius 1 is 1.19 bits per heavy atom. The standard InChI is InChI=1S/C20H19ClN4O2/c1-14-4-2-3-5-16(14)20(27)23-9-8-19(26)24-15-6-7-18(17(21)12-15)25-11-10-22-13-25/h2-7,10-13H,8-9H2,1H3,(H,23,27)(H,24,26). The molecule has 0 radical (unpaired) electrons. The second kappa shape index (κ2) is 8.51. The molecule has 3 rings (SSSR count). The van der Waals surface area contributed by atoms with Crippen molar-refractivity contribution in [3.63, 3.8) is 0 Å². The number of carbonyl (C=O) groups excluding carboxylic acids is 2. The van der Waals surface area contributed by atoms with Crippen molar-refractivity contribution in [3.8, 4) is 5.69 Å². The maximum Gasteiger partial charge on any atom is 0.251 e. The fraction of sp³-hybridized carbons (Fsp3) is 0.150. The van der Waals surface area contributed by atoms with E-state index in [1.165, 1.54) is 0 Å². The minimum atomic E-state index is -0.202. The van der Waals surface area contributed by atoms with E-state index in [4.69, 9.17) is 11.6 Å². The van der Waals surface area contributed by atoms with Crippen LogP contribution in [0.1, 0.15) is 22.3 Å². The van der Waals surface area contributed by atoms with Crippen molar-refractivity contribution in [2.24, 2.45) is 0 Å². The van der Waals surface area contributed by atoms with E-state index in [2.05, 4.69) is 15.6 Å². The number of aryl methyl sites for hydroxylation is 1. The summed E-state index contributed by atoms with van der Waals surface area (Å²) < 4.78 is 1.79. The van der Waals surface area contributed by atoms with Crippen LogP contribution in [0.15, 0.2) is 61.2 Å². The Morgan fingerprint density at radius 3 is 2.70 bits per heavy atom. The number of nitrogens with zero attached hydrogens (tertiary/aromatic N) is 2. The van der Waals surface area contributed by atoms with Crippen LogP contribution in [0.2, 0.25) is 5.02 Å². The van der Waals surface area contributed by atoms with Crippen LogP contribution in [-0.4, -0.2) is 27.9 Å². The molecule has 7 heteroatoms. The van der Waals surface area contributed by atoms with Gasteiger partial charge in [0.25, 0.3) is 5.91 Å². The van der Waals surface area contributed by atoms with Crippen molar-refractivity contribution in [3.05, 3.63) is 77.3 Å². The summed E-state index contributed by atoms with van der Waals surface area (Å²) in [5, 5.41) is 6.04. The average Bonchev–Trinajstić information content (AvgIpc) is 3.16. The Balaban J connectivity index is 1.52. The number of rotatable bonds is 6. The topological polar surface area (TPSA) is 76.0 Å². The molecule has 0 aliphatic carbocycles. The molecule has 27 heavy (non-hydrogen) atoms. The van der Waals surface area contributed by atoms with Gasteiger partial charge in [0.15, 0.2) is 0 Å². The van der Waals surface area contributed by atoms with E-state index in [0.29, 0.717) is 16.3 Å². The quantitative estimate of drug-likeness (QED) is 0.684. The minimum absolute atomic E-state index is 0.165. The van der Waals surface area contributed by atoms with E-state index in [1.807, 2.05) is 25.1 Å². The van der Waals surface area contributed by atoms with Crippen molar-refractivity contribution in [2.45, 2.75) is 13.3 Å². The third kappa shape index (κ3) is 4.74. The SMILES string of the molecule is Cc1ccccc1C(=O)NCCC(=O)Nc1ccc(-n2ccnc2)c(Cl)c1. The smallest absolute Gasteiger partial charge is 0.251 e. The van der Waals surface area contributed by atoms with Crippen LogP contribution in [-0.2, 0) is 4.79 Å². The first-order valence-electron chi connectivity index (χ1n) is 8.46. The molecular weight excluding hydrogens is 364 g/mol. The molecule has 0 fully saturated rings. The molecule has 0 unspecified atom stereocenters. The predicted octanol–water partition coefficient (Wildman–Crippen LogP) is 3.59. The number of aromatic nitrogens is 2. The van der Waals surface area contributed by atoms with Gasteiger partial charge in [0.05, 0.1) is 17.0 Å². The third-order valence-corrected chi connectivity index (χ3v) is 4.34. The van der Waals surface area contributed by atoms with Gasteiger partial charge in [-0.05, 0) is 36.8 Å².